The van der Waals surface area contributed by atoms with Crippen LogP contribution in [-0.4, -0.2) is 30.4 Å². The zero-order chi connectivity index (χ0) is 17.5. The van der Waals surface area contributed by atoms with Gasteiger partial charge < -0.3 is 5.32 Å². The maximum absolute atomic E-state index is 13.6. The number of para-hydroxylation sites is 1. The molecule has 0 bridgehead atoms. The fourth-order valence-electron chi connectivity index (χ4n) is 3.40. The summed E-state index contributed by atoms with van der Waals surface area (Å²) in [7, 11) is 0. The normalized spacial score (nSPS) is 15.9. The predicted octanol–water partition coefficient (Wildman–Crippen LogP) is 4.11. The molecule has 1 fully saturated rings. The van der Waals surface area contributed by atoms with Crippen LogP contribution in [0.15, 0.2) is 54.6 Å². The summed E-state index contributed by atoms with van der Waals surface area (Å²) in [5.41, 5.74) is 1.65. The van der Waals surface area contributed by atoms with E-state index in [2.05, 4.69) is 34.5 Å². The van der Waals surface area contributed by atoms with Crippen LogP contribution in [0.1, 0.15) is 24.8 Å². The van der Waals surface area contributed by atoms with E-state index in [9.17, 15) is 9.18 Å². The lowest BCUT2D eigenvalue weighted by molar-refractivity contribution is -0.117. The molecule has 1 N–H and O–H groups in total. The fourth-order valence-corrected chi connectivity index (χ4v) is 3.40. The highest BCUT2D eigenvalue weighted by Gasteiger charge is 2.21. The van der Waals surface area contributed by atoms with Crippen molar-refractivity contribution in [3.8, 4) is 0 Å². The number of piperidine rings is 1. The minimum atomic E-state index is -0.393. The molecule has 1 amide bonds. The van der Waals surface area contributed by atoms with E-state index in [0.717, 1.165) is 38.3 Å². The molecule has 1 aliphatic rings. The summed E-state index contributed by atoms with van der Waals surface area (Å²) in [5, 5.41) is 2.66. The van der Waals surface area contributed by atoms with E-state index in [-0.39, 0.29) is 11.6 Å². The van der Waals surface area contributed by atoms with Crippen LogP contribution < -0.4 is 5.32 Å². The van der Waals surface area contributed by atoms with Crippen molar-refractivity contribution < 1.29 is 9.18 Å². The van der Waals surface area contributed by atoms with E-state index in [4.69, 9.17) is 0 Å². The standard InChI is InChI=1S/C21H25FN2O/c22-19-8-4-5-9-20(19)23-21(25)16-24-14-12-18(13-15-24)11-10-17-6-2-1-3-7-17/h1-9,18H,10-16H2,(H,23,25). The van der Waals surface area contributed by atoms with Crippen molar-refractivity contribution in [2.75, 3.05) is 25.0 Å². The van der Waals surface area contributed by atoms with E-state index in [0.29, 0.717) is 6.54 Å². The Bertz CT molecular complexity index is 681. The van der Waals surface area contributed by atoms with Gasteiger partial charge in [-0.3, -0.25) is 9.69 Å². The molecular formula is C21H25FN2O. The summed E-state index contributed by atoms with van der Waals surface area (Å²) in [6.45, 7) is 2.20. The Hall–Kier alpha value is -2.20. The lowest BCUT2D eigenvalue weighted by Gasteiger charge is -2.31. The lowest BCUT2D eigenvalue weighted by atomic mass is 9.90. The summed E-state index contributed by atoms with van der Waals surface area (Å²) in [5.74, 6) is 0.189. The van der Waals surface area contributed by atoms with E-state index in [1.54, 1.807) is 18.2 Å². The van der Waals surface area contributed by atoms with Crippen LogP contribution in [0, 0.1) is 11.7 Å². The molecule has 25 heavy (non-hydrogen) atoms. The van der Waals surface area contributed by atoms with Gasteiger partial charge in [0.15, 0.2) is 0 Å². The van der Waals surface area contributed by atoms with Gasteiger partial charge >= 0.3 is 0 Å². The van der Waals surface area contributed by atoms with Gasteiger partial charge in [-0.15, -0.1) is 0 Å². The Morgan fingerprint density at radius 1 is 1.04 bits per heavy atom. The van der Waals surface area contributed by atoms with Gasteiger partial charge in [0.25, 0.3) is 0 Å². The molecule has 0 aliphatic carbocycles. The van der Waals surface area contributed by atoms with E-state index >= 15 is 0 Å². The molecule has 3 rings (SSSR count). The second kappa shape index (κ2) is 8.77. The van der Waals surface area contributed by atoms with Crippen LogP contribution in [-0.2, 0) is 11.2 Å². The third kappa shape index (κ3) is 5.40. The van der Waals surface area contributed by atoms with Crippen LogP contribution in [0.4, 0.5) is 10.1 Å². The average Bonchev–Trinajstić information content (AvgIpc) is 2.64. The smallest absolute Gasteiger partial charge is 0.238 e. The summed E-state index contributed by atoms with van der Waals surface area (Å²) in [6.07, 6.45) is 4.58. The molecule has 0 aromatic heterocycles. The number of anilines is 1. The number of benzene rings is 2. The fraction of sp³-hybridized carbons (Fsp3) is 0.381. The average molecular weight is 340 g/mol. The molecule has 4 heteroatoms. The quantitative estimate of drug-likeness (QED) is 0.858. The number of aryl methyl sites for hydroxylation is 1. The molecule has 132 valence electrons. The number of nitrogens with one attached hydrogen (secondary N) is 1. The Morgan fingerprint density at radius 2 is 1.72 bits per heavy atom. The minimum absolute atomic E-state index is 0.146. The summed E-state index contributed by atoms with van der Waals surface area (Å²) >= 11 is 0. The van der Waals surface area contributed by atoms with Gasteiger partial charge in [0, 0.05) is 0 Å². The van der Waals surface area contributed by atoms with Gasteiger partial charge in [-0.1, -0.05) is 42.5 Å². The van der Waals surface area contributed by atoms with Crippen molar-refractivity contribution in [1.29, 1.82) is 0 Å². The molecule has 2 aromatic carbocycles. The second-order valence-electron chi connectivity index (χ2n) is 6.77. The highest BCUT2D eigenvalue weighted by Crippen LogP contribution is 2.22. The zero-order valence-electron chi connectivity index (χ0n) is 14.5. The predicted molar refractivity (Wildman–Crippen MR) is 99.0 cm³/mol. The van der Waals surface area contributed by atoms with Crippen molar-refractivity contribution in [2.24, 2.45) is 5.92 Å². The first-order valence-corrected chi connectivity index (χ1v) is 9.01. The number of rotatable bonds is 6. The van der Waals surface area contributed by atoms with Crippen LogP contribution in [0.3, 0.4) is 0 Å². The SMILES string of the molecule is O=C(CN1CCC(CCc2ccccc2)CC1)Nc1ccccc1F. The molecule has 3 nitrogen and oxygen atoms in total. The number of halogens is 1. The van der Waals surface area contributed by atoms with Gasteiger partial charge in [0.2, 0.25) is 5.91 Å². The van der Waals surface area contributed by atoms with Crippen LogP contribution in [0.2, 0.25) is 0 Å². The molecule has 0 atom stereocenters. The van der Waals surface area contributed by atoms with Crippen molar-refractivity contribution in [3.05, 3.63) is 66.0 Å². The van der Waals surface area contributed by atoms with Gasteiger partial charge in [-0.05, 0) is 62.4 Å². The first-order valence-electron chi connectivity index (χ1n) is 9.01. The summed E-state index contributed by atoms with van der Waals surface area (Å²) < 4.78 is 13.6. The number of hydrogen-bond donors (Lipinski definition) is 1. The molecule has 0 saturated carbocycles. The number of carbonyl (C=O) groups excluding carboxylic acids is 1. The van der Waals surface area contributed by atoms with Gasteiger partial charge in [-0.25, -0.2) is 4.39 Å². The first-order chi connectivity index (χ1) is 12.2. The molecule has 0 unspecified atom stereocenters. The van der Waals surface area contributed by atoms with Gasteiger partial charge in [0.1, 0.15) is 5.82 Å². The highest BCUT2D eigenvalue weighted by atomic mass is 19.1. The van der Waals surface area contributed by atoms with Crippen LogP contribution in [0.5, 0.6) is 0 Å². The largest absolute Gasteiger partial charge is 0.322 e. The molecule has 1 heterocycles. The first kappa shape index (κ1) is 17.6. The lowest BCUT2D eigenvalue weighted by Crippen LogP contribution is -2.39. The number of nitrogens with zero attached hydrogens (tertiary/aromatic N) is 1. The number of carbonyl (C=O) groups is 1. The maximum Gasteiger partial charge on any atom is 0.238 e. The Balaban J connectivity index is 1.39. The van der Waals surface area contributed by atoms with Crippen LogP contribution >= 0.6 is 0 Å². The molecule has 0 spiro atoms. The topological polar surface area (TPSA) is 32.3 Å². The van der Waals surface area contributed by atoms with Crippen molar-refractivity contribution in [3.63, 3.8) is 0 Å². The minimum Gasteiger partial charge on any atom is -0.322 e. The molecule has 1 aliphatic heterocycles. The van der Waals surface area contributed by atoms with E-state index in [1.165, 1.54) is 18.1 Å². The third-order valence-electron chi connectivity index (χ3n) is 4.91. The molecule has 0 radical (unpaired) electrons. The Labute approximate surface area is 148 Å². The maximum atomic E-state index is 13.6. The van der Waals surface area contributed by atoms with Crippen molar-refractivity contribution >= 4 is 11.6 Å². The van der Waals surface area contributed by atoms with E-state index in [1.807, 2.05) is 6.07 Å². The monoisotopic (exact) mass is 340 g/mol. The van der Waals surface area contributed by atoms with Gasteiger partial charge in [-0.2, -0.15) is 0 Å². The van der Waals surface area contributed by atoms with Crippen molar-refractivity contribution in [1.82, 2.24) is 4.90 Å². The molecule has 2 aromatic rings. The third-order valence-corrected chi connectivity index (χ3v) is 4.91. The Morgan fingerprint density at radius 3 is 2.44 bits per heavy atom. The second-order valence-corrected chi connectivity index (χ2v) is 6.77. The summed E-state index contributed by atoms with van der Waals surface area (Å²) in [6, 6.07) is 16.9. The Kier molecular flexibility index (Phi) is 6.18. The molecule has 1 saturated heterocycles. The van der Waals surface area contributed by atoms with Crippen LogP contribution in [0.25, 0.3) is 0 Å². The van der Waals surface area contributed by atoms with Crippen molar-refractivity contribution in [2.45, 2.75) is 25.7 Å². The summed E-state index contributed by atoms with van der Waals surface area (Å²) in [4.78, 5) is 14.3. The molecular weight excluding hydrogens is 315 g/mol. The number of likely N-dealkylation sites (tertiary alicyclic amines) is 1. The number of amides is 1. The number of hydrogen-bond acceptors (Lipinski definition) is 2. The highest BCUT2D eigenvalue weighted by molar-refractivity contribution is 5.92. The zero-order valence-corrected chi connectivity index (χ0v) is 14.5. The van der Waals surface area contributed by atoms with E-state index < -0.39 is 5.82 Å². The van der Waals surface area contributed by atoms with Gasteiger partial charge in [0.05, 0.1) is 12.2 Å².